The van der Waals surface area contributed by atoms with Crippen LogP contribution in [0.3, 0.4) is 0 Å². The van der Waals surface area contributed by atoms with Crippen molar-refractivity contribution in [1.29, 1.82) is 0 Å². The number of rotatable bonds is 5. The third-order valence-electron chi connectivity index (χ3n) is 3.40. The molecule has 1 aliphatic heterocycles. The molecule has 1 aromatic carbocycles. The fourth-order valence-electron chi connectivity index (χ4n) is 2.32. The number of hydrogen-bond donors (Lipinski definition) is 2. The number of methoxy groups -OCH3 is 1. The molecule has 0 bridgehead atoms. The van der Waals surface area contributed by atoms with E-state index in [1.807, 2.05) is 18.2 Å². The maximum absolute atomic E-state index is 5.75. The molecule has 0 amide bonds. The SMILES string of the molecule is COc1ccc(C(N)=S)c(NC(C)C2CCCO2)c1. The minimum atomic E-state index is 0.211. The Morgan fingerprint density at radius 3 is 2.95 bits per heavy atom. The molecule has 2 unspecified atom stereocenters. The van der Waals surface area contributed by atoms with Gasteiger partial charge in [-0.3, -0.25) is 0 Å². The highest BCUT2D eigenvalue weighted by Gasteiger charge is 2.23. The van der Waals surface area contributed by atoms with E-state index in [2.05, 4.69) is 12.2 Å². The first-order valence-electron chi connectivity index (χ1n) is 6.48. The van der Waals surface area contributed by atoms with Gasteiger partial charge < -0.3 is 20.5 Å². The molecule has 19 heavy (non-hydrogen) atoms. The van der Waals surface area contributed by atoms with Crippen LogP contribution in [0.5, 0.6) is 5.75 Å². The number of nitrogens with two attached hydrogens (primary N) is 1. The van der Waals surface area contributed by atoms with Crippen molar-refractivity contribution in [2.75, 3.05) is 19.0 Å². The normalized spacial score (nSPS) is 20.0. The number of benzene rings is 1. The molecule has 1 aliphatic rings. The van der Waals surface area contributed by atoms with Crippen molar-refractivity contribution < 1.29 is 9.47 Å². The summed E-state index contributed by atoms with van der Waals surface area (Å²) in [7, 11) is 1.64. The number of anilines is 1. The molecule has 0 aliphatic carbocycles. The van der Waals surface area contributed by atoms with Gasteiger partial charge in [0.2, 0.25) is 0 Å². The Balaban J connectivity index is 2.18. The molecule has 104 valence electrons. The van der Waals surface area contributed by atoms with Crippen LogP contribution in [0.15, 0.2) is 18.2 Å². The predicted octanol–water partition coefficient (Wildman–Crippen LogP) is 2.31. The molecule has 1 heterocycles. The van der Waals surface area contributed by atoms with Gasteiger partial charge in [0, 0.05) is 30.0 Å². The lowest BCUT2D eigenvalue weighted by atomic mass is 10.1. The van der Waals surface area contributed by atoms with Gasteiger partial charge in [-0.2, -0.15) is 0 Å². The zero-order chi connectivity index (χ0) is 13.8. The number of ether oxygens (including phenoxy) is 2. The van der Waals surface area contributed by atoms with Gasteiger partial charge in [0.15, 0.2) is 0 Å². The minimum Gasteiger partial charge on any atom is -0.497 e. The smallest absolute Gasteiger partial charge is 0.120 e. The molecule has 0 aromatic heterocycles. The van der Waals surface area contributed by atoms with Crippen molar-refractivity contribution in [3.63, 3.8) is 0 Å². The minimum absolute atomic E-state index is 0.211. The van der Waals surface area contributed by atoms with E-state index in [1.165, 1.54) is 0 Å². The number of hydrogen-bond acceptors (Lipinski definition) is 4. The molecule has 3 N–H and O–H groups in total. The van der Waals surface area contributed by atoms with E-state index in [-0.39, 0.29) is 12.1 Å². The molecule has 4 nitrogen and oxygen atoms in total. The summed E-state index contributed by atoms with van der Waals surface area (Å²) in [5, 5.41) is 3.44. The van der Waals surface area contributed by atoms with Gasteiger partial charge >= 0.3 is 0 Å². The van der Waals surface area contributed by atoms with Crippen LogP contribution in [-0.4, -0.2) is 30.9 Å². The van der Waals surface area contributed by atoms with Crippen LogP contribution in [0.2, 0.25) is 0 Å². The number of thiocarbonyl (C=S) groups is 1. The molecule has 1 saturated heterocycles. The fraction of sp³-hybridized carbons (Fsp3) is 0.500. The summed E-state index contributed by atoms with van der Waals surface area (Å²) in [5.41, 5.74) is 7.49. The summed E-state index contributed by atoms with van der Waals surface area (Å²) in [6, 6.07) is 5.87. The maximum Gasteiger partial charge on any atom is 0.120 e. The molecular formula is C14H20N2O2S. The Kier molecular flexibility index (Phi) is 4.61. The summed E-state index contributed by atoms with van der Waals surface area (Å²) in [6.07, 6.45) is 2.45. The summed E-state index contributed by atoms with van der Waals surface area (Å²) in [5.74, 6) is 0.780. The summed E-state index contributed by atoms with van der Waals surface area (Å²) >= 11 is 5.08. The molecule has 0 saturated carbocycles. The van der Waals surface area contributed by atoms with Gasteiger partial charge in [-0.25, -0.2) is 0 Å². The van der Waals surface area contributed by atoms with Gasteiger partial charge in [-0.05, 0) is 31.9 Å². The van der Waals surface area contributed by atoms with Crippen LogP contribution < -0.4 is 15.8 Å². The third kappa shape index (κ3) is 3.36. The van der Waals surface area contributed by atoms with Gasteiger partial charge in [0.25, 0.3) is 0 Å². The highest BCUT2D eigenvalue weighted by atomic mass is 32.1. The van der Waals surface area contributed by atoms with E-state index in [0.29, 0.717) is 4.99 Å². The van der Waals surface area contributed by atoms with E-state index in [0.717, 1.165) is 36.4 Å². The first-order chi connectivity index (χ1) is 9.11. The standard InChI is InChI=1S/C14H20N2O2S/c1-9(13-4-3-7-18-13)16-12-8-10(17-2)5-6-11(12)14(15)19/h5-6,8-9,13,16H,3-4,7H2,1-2H3,(H2,15,19). The van der Waals surface area contributed by atoms with Crippen LogP contribution in [0.4, 0.5) is 5.69 Å². The van der Waals surface area contributed by atoms with E-state index in [1.54, 1.807) is 7.11 Å². The van der Waals surface area contributed by atoms with E-state index in [9.17, 15) is 0 Å². The predicted molar refractivity (Wildman–Crippen MR) is 80.9 cm³/mol. The van der Waals surface area contributed by atoms with E-state index < -0.39 is 0 Å². The largest absolute Gasteiger partial charge is 0.497 e. The number of nitrogens with one attached hydrogen (secondary N) is 1. The second-order valence-electron chi connectivity index (χ2n) is 4.76. The zero-order valence-corrected chi connectivity index (χ0v) is 12.1. The molecule has 1 aromatic rings. The van der Waals surface area contributed by atoms with Crippen molar-refractivity contribution in [1.82, 2.24) is 0 Å². The zero-order valence-electron chi connectivity index (χ0n) is 11.3. The van der Waals surface area contributed by atoms with Crippen molar-refractivity contribution in [2.45, 2.75) is 31.9 Å². The fourth-order valence-corrected chi connectivity index (χ4v) is 2.50. The Morgan fingerprint density at radius 1 is 1.58 bits per heavy atom. The summed E-state index contributed by atoms with van der Waals surface area (Å²) in [6.45, 7) is 2.95. The average Bonchev–Trinajstić information content (AvgIpc) is 2.92. The van der Waals surface area contributed by atoms with Crippen molar-refractivity contribution in [2.24, 2.45) is 5.73 Å². The first-order valence-corrected chi connectivity index (χ1v) is 6.88. The molecule has 0 spiro atoms. The Bertz CT molecular complexity index is 459. The quantitative estimate of drug-likeness (QED) is 0.811. The lowest BCUT2D eigenvalue weighted by molar-refractivity contribution is 0.0996. The molecular weight excluding hydrogens is 260 g/mol. The Labute approximate surface area is 119 Å². The Hall–Kier alpha value is -1.33. The van der Waals surface area contributed by atoms with Crippen LogP contribution in [0.25, 0.3) is 0 Å². The maximum atomic E-state index is 5.75. The van der Waals surface area contributed by atoms with Gasteiger partial charge in [-0.15, -0.1) is 0 Å². The highest BCUT2D eigenvalue weighted by molar-refractivity contribution is 7.80. The van der Waals surface area contributed by atoms with E-state index in [4.69, 9.17) is 27.4 Å². The average molecular weight is 280 g/mol. The summed E-state index contributed by atoms with van der Waals surface area (Å²) < 4.78 is 10.9. The molecule has 1 fully saturated rings. The Morgan fingerprint density at radius 2 is 2.37 bits per heavy atom. The van der Waals surface area contributed by atoms with E-state index >= 15 is 0 Å². The third-order valence-corrected chi connectivity index (χ3v) is 3.62. The second kappa shape index (κ2) is 6.21. The molecule has 2 atom stereocenters. The highest BCUT2D eigenvalue weighted by Crippen LogP contribution is 2.25. The van der Waals surface area contributed by atoms with Crippen LogP contribution in [-0.2, 0) is 4.74 Å². The van der Waals surface area contributed by atoms with Crippen molar-refractivity contribution in [3.8, 4) is 5.75 Å². The lowest BCUT2D eigenvalue weighted by Gasteiger charge is -2.23. The van der Waals surface area contributed by atoms with Crippen LogP contribution >= 0.6 is 12.2 Å². The van der Waals surface area contributed by atoms with Crippen molar-refractivity contribution >= 4 is 22.9 Å². The summed E-state index contributed by atoms with van der Waals surface area (Å²) in [4.78, 5) is 0.379. The van der Waals surface area contributed by atoms with Gasteiger partial charge in [0.1, 0.15) is 10.7 Å². The van der Waals surface area contributed by atoms with Gasteiger partial charge in [0.05, 0.1) is 13.2 Å². The van der Waals surface area contributed by atoms with Crippen LogP contribution in [0.1, 0.15) is 25.3 Å². The topological polar surface area (TPSA) is 56.5 Å². The first kappa shape index (κ1) is 14.1. The molecule has 0 radical (unpaired) electrons. The van der Waals surface area contributed by atoms with Crippen LogP contribution in [0, 0.1) is 0 Å². The lowest BCUT2D eigenvalue weighted by Crippen LogP contribution is -2.31. The monoisotopic (exact) mass is 280 g/mol. The molecule has 5 heteroatoms. The molecule has 2 rings (SSSR count). The van der Waals surface area contributed by atoms with Crippen molar-refractivity contribution in [3.05, 3.63) is 23.8 Å². The van der Waals surface area contributed by atoms with Gasteiger partial charge in [-0.1, -0.05) is 12.2 Å². The second-order valence-corrected chi connectivity index (χ2v) is 5.20.